The van der Waals surface area contributed by atoms with Crippen molar-refractivity contribution < 1.29 is 0 Å². The summed E-state index contributed by atoms with van der Waals surface area (Å²) in [6.07, 6.45) is 1.49. The average molecular weight is 287 g/mol. The molecular formula is C9H11BrN4O2. The third kappa shape index (κ3) is 2.13. The van der Waals surface area contributed by atoms with Crippen molar-refractivity contribution in [3.63, 3.8) is 0 Å². The molecule has 0 radical (unpaired) electrons. The first kappa shape index (κ1) is 12.4. The Hall–Kier alpha value is -1.63. The average Bonchev–Trinajstić information content (AvgIpc) is 2.28. The van der Waals surface area contributed by atoms with Crippen molar-refractivity contribution >= 4 is 27.1 Å². The lowest BCUT2D eigenvalue weighted by molar-refractivity contribution is 0.920. The van der Waals surface area contributed by atoms with Crippen LogP contribution in [0.1, 0.15) is 13.8 Å². The van der Waals surface area contributed by atoms with E-state index in [1.54, 1.807) is 6.07 Å². The topological polar surface area (TPSA) is 93.8 Å². The molecule has 86 valence electrons. The Morgan fingerprint density at radius 1 is 1.44 bits per heavy atom. The molecule has 3 N–H and O–H groups in total. The fraction of sp³-hybridized carbons (Fsp3) is 0.222. The summed E-state index contributed by atoms with van der Waals surface area (Å²) in [5, 5.41) is 0. The summed E-state index contributed by atoms with van der Waals surface area (Å²) in [6.45, 7) is 4.00. The molecule has 2 heterocycles. The molecule has 2 aromatic heterocycles. The second kappa shape index (κ2) is 4.93. The van der Waals surface area contributed by atoms with Gasteiger partial charge >= 0.3 is 11.1 Å². The minimum Gasteiger partial charge on any atom is -0.334 e. The number of aromatic nitrogens is 3. The first-order valence-corrected chi connectivity index (χ1v) is 5.44. The molecular weight excluding hydrogens is 276 g/mol. The number of halogens is 1. The van der Waals surface area contributed by atoms with Gasteiger partial charge in [-0.15, -0.1) is 0 Å². The number of hydrogen-bond acceptors (Lipinski definition) is 4. The van der Waals surface area contributed by atoms with Crippen LogP contribution in [0.4, 0.5) is 0 Å². The maximum Gasteiger partial charge on any atom is 0.336 e. The first-order valence-electron chi connectivity index (χ1n) is 4.65. The van der Waals surface area contributed by atoms with E-state index in [2.05, 4.69) is 25.9 Å². The summed E-state index contributed by atoms with van der Waals surface area (Å²) < 4.78 is 1.42. The number of pyridine rings is 1. The highest BCUT2D eigenvalue weighted by molar-refractivity contribution is 9.10. The Kier molecular flexibility index (Phi) is 3.83. The number of H-pyrrole nitrogens is 1. The molecule has 0 unspecified atom stereocenters. The number of hydrogen-bond donors (Lipinski definition) is 2. The van der Waals surface area contributed by atoms with Crippen LogP contribution in [0.5, 0.6) is 0 Å². The van der Waals surface area contributed by atoms with Gasteiger partial charge in [0, 0.05) is 10.7 Å². The molecule has 0 bridgehead atoms. The molecule has 0 aliphatic rings. The molecule has 7 heteroatoms. The number of nitrogens with one attached hydrogen (secondary N) is 1. The Balaban J connectivity index is 0.000000606. The summed E-state index contributed by atoms with van der Waals surface area (Å²) in [4.78, 5) is 28.4. The third-order valence-electron chi connectivity index (χ3n) is 1.72. The van der Waals surface area contributed by atoms with E-state index in [9.17, 15) is 9.59 Å². The molecule has 0 saturated heterocycles. The van der Waals surface area contributed by atoms with Crippen molar-refractivity contribution in [3.05, 3.63) is 37.4 Å². The van der Waals surface area contributed by atoms with Gasteiger partial charge in [-0.05, 0) is 22.0 Å². The van der Waals surface area contributed by atoms with Crippen LogP contribution in [0.2, 0.25) is 0 Å². The predicted octanol–water partition coefficient (Wildman–Crippen LogP) is 0.587. The summed E-state index contributed by atoms with van der Waals surface area (Å²) in [5.41, 5.74) is -0.948. The van der Waals surface area contributed by atoms with Gasteiger partial charge in [-0.1, -0.05) is 13.8 Å². The maximum atomic E-state index is 11.1. The highest BCUT2D eigenvalue weighted by Gasteiger charge is 2.05. The van der Waals surface area contributed by atoms with E-state index in [-0.39, 0.29) is 5.65 Å². The molecule has 0 aliphatic carbocycles. The van der Waals surface area contributed by atoms with E-state index in [0.29, 0.717) is 9.99 Å². The van der Waals surface area contributed by atoms with E-state index in [4.69, 9.17) is 5.84 Å². The predicted molar refractivity (Wildman–Crippen MR) is 65.8 cm³/mol. The summed E-state index contributed by atoms with van der Waals surface area (Å²) in [5.74, 6) is 5.38. The minimum atomic E-state index is -0.827. The lowest BCUT2D eigenvalue weighted by Gasteiger charge is -2.01. The Morgan fingerprint density at radius 3 is 2.69 bits per heavy atom. The van der Waals surface area contributed by atoms with Crippen LogP contribution in [0.3, 0.4) is 0 Å². The number of nitrogen functional groups attached to an aromatic ring is 1. The van der Waals surface area contributed by atoms with Gasteiger partial charge in [0.1, 0.15) is 0 Å². The summed E-state index contributed by atoms with van der Waals surface area (Å²) in [7, 11) is 0. The molecule has 0 aromatic carbocycles. The number of fused-ring (bicyclic) bond motifs is 1. The normalized spacial score (nSPS) is 9.69. The highest BCUT2D eigenvalue weighted by Crippen LogP contribution is 2.11. The van der Waals surface area contributed by atoms with Gasteiger partial charge in [-0.25, -0.2) is 9.66 Å². The standard InChI is InChI=1S/C7H5BrN4O2.C2H6/c8-3-1-4-5(10-2-3)12(9)7(14)6(13)11-4;1-2/h1-2H,9H2,(H,11,13);1-2H3. The van der Waals surface area contributed by atoms with Gasteiger partial charge < -0.3 is 10.8 Å². The zero-order valence-corrected chi connectivity index (χ0v) is 10.4. The smallest absolute Gasteiger partial charge is 0.334 e. The van der Waals surface area contributed by atoms with Gasteiger partial charge in [0.15, 0.2) is 5.65 Å². The van der Waals surface area contributed by atoms with Crippen LogP contribution in [-0.2, 0) is 0 Å². The van der Waals surface area contributed by atoms with Crippen LogP contribution in [0.15, 0.2) is 26.3 Å². The van der Waals surface area contributed by atoms with Gasteiger partial charge in [-0.2, -0.15) is 0 Å². The quantitative estimate of drug-likeness (QED) is 0.547. The fourth-order valence-corrected chi connectivity index (χ4v) is 1.43. The van der Waals surface area contributed by atoms with Gasteiger partial charge in [-0.3, -0.25) is 9.59 Å². The van der Waals surface area contributed by atoms with Crippen LogP contribution in [0, 0.1) is 0 Å². The first-order chi connectivity index (χ1) is 7.59. The largest absolute Gasteiger partial charge is 0.336 e. The Labute approximate surface area is 99.2 Å². The number of aromatic amines is 1. The molecule has 0 atom stereocenters. The van der Waals surface area contributed by atoms with Gasteiger partial charge in [0.25, 0.3) is 0 Å². The van der Waals surface area contributed by atoms with Crippen LogP contribution < -0.4 is 17.0 Å². The van der Waals surface area contributed by atoms with Crippen molar-refractivity contribution in [2.24, 2.45) is 0 Å². The van der Waals surface area contributed by atoms with E-state index >= 15 is 0 Å². The van der Waals surface area contributed by atoms with Gasteiger partial charge in [0.05, 0.1) is 5.52 Å². The van der Waals surface area contributed by atoms with Crippen molar-refractivity contribution in [3.8, 4) is 0 Å². The third-order valence-corrected chi connectivity index (χ3v) is 2.16. The minimum absolute atomic E-state index is 0.234. The molecule has 2 rings (SSSR count). The number of nitrogens with zero attached hydrogens (tertiary/aromatic N) is 2. The Morgan fingerprint density at radius 2 is 2.06 bits per heavy atom. The molecule has 0 amide bonds. The van der Waals surface area contributed by atoms with Crippen molar-refractivity contribution in [1.82, 2.24) is 14.6 Å². The molecule has 2 aromatic rings. The van der Waals surface area contributed by atoms with E-state index in [0.717, 1.165) is 4.68 Å². The summed E-state index contributed by atoms with van der Waals surface area (Å²) in [6, 6.07) is 1.62. The highest BCUT2D eigenvalue weighted by atomic mass is 79.9. The van der Waals surface area contributed by atoms with Crippen LogP contribution in [-0.4, -0.2) is 14.6 Å². The SMILES string of the molecule is CC.Nn1c(=O)c(=O)[nH]c2cc(Br)cnc21. The maximum absolute atomic E-state index is 11.1. The van der Waals surface area contributed by atoms with E-state index in [1.807, 2.05) is 13.8 Å². The molecule has 0 aliphatic heterocycles. The van der Waals surface area contributed by atoms with E-state index in [1.165, 1.54) is 6.20 Å². The molecule has 6 nitrogen and oxygen atoms in total. The molecule has 0 saturated carbocycles. The molecule has 0 fully saturated rings. The fourth-order valence-electron chi connectivity index (χ4n) is 1.10. The van der Waals surface area contributed by atoms with Crippen LogP contribution in [0.25, 0.3) is 11.2 Å². The van der Waals surface area contributed by atoms with Crippen LogP contribution >= 0.6 is 15.9 Å². The van der Waals surface area contributed by atoms with Crippen molar-refractivity contribution in [1.29, 1.82) is 0 Å². The summed E-state index contributed by atoms with van der Waals surface area (Å²) >= 11 is 3.19. The van der Waals surface area contributed by atoms with E-state index < -0.39 is 11.1 Å². The molecule has 16 heavy (non-hydrogen) atoms. The second-order valence-electron chi connectivity index (χ2n) is 2.65. The zero-order chi connectivity index (χ0) is 12.3. The lowest BCUT2D eigenvalue weighted by atomic mass is 10.4. The van der Waals surface area contributed by atoms with Gasteiger partial charge in [0.2, 0.25) is 0 Å². The van der Waals surface area contributed by atoms with Crippen molar-refractivity contribution in [2.45, 2.75) is 13.8 Å². The number of rotatable bonds is 0. The monoisotopic (exact) mass is 286 g/mol. The zero-order valence-electron chi connectivity index (χ0n) is 8.82. The van der Waals surface area contributed by atoms with Crippen molar-refractivity contribution in [2.75, 3.05) is 5.84 Å². The Bertz CT molecular complexity index is 617. The molecule has 0 spiro atoms. The second-order valence-corrected chi connectivity index (χ2v) is 3.57. The lowest BCUT2D eigenvalue weighted by Crippen LogP contribution is -2.40. The number of nitrogens with two attached hydrogens (primary N) is 1.